The number of nitrogens with zero attached hydrogens (tertiary/aromatic N) is 2. The minimum absolute atomic E-state index is 0.190. The second-order valence-corrected chi connectivity index (χ2v) is 5.82. The van der Waals surface area contributed by atoms with Gasteiger partial charge in [0.05, 0.1) is 11.5 Å². The molecule has 1 N–H and O–H groups in total. The number of rotatable bonds is 7. The number of unbranched alkanes of at least 4 members (excludes halogenated alkanes) is 1. The van der Waals surface area contributed by atoms with Gasteiger partial charge in [0.2, 0.25) is 0 Å². The van der Waals surface area contributed by atoms with Gasteiger partial charge >= 0.3 is 0 Å². The zero-order chi connectivity index (χ0) is 14.3. The molecule has 0 radical (unpaired) electrons. The topological polar surface area (TPSA) is 39.1 Å². The molecule has 0 heterocycles. The summed E-state index contributed by atoms with van der Waals surface area (Å²) in [5.41, 5.74) is 2.17. The van der Waals surface area contributed by atoms with Gasteiger partial charge in [0.1, 0.15) is 0 Å². The van der Waals surface area contributed by atoms with Gasteiger partial charge in [-0.25, -0.2) is 0 Å². The van der Waals surface area contributed by atoms with Gasteiger partial charge in [-0.1, -0.05) is 12.5 Å². The Kier molecular flexibility index (Phi) is 5.69. The van der Waals surface area contributed by atoms with Crippen molar-refractivity contribution in [2.45, 2.75) is 33.1 Å². The van der Waals surface area contributed by atoms with Crippen LogP contribution in [0.1, 0.15) is 33.1 Å². The van der Waals surface area contributed by atoms with E-state index >= 15 is 0 Å². The summed E-state index contributed by atoms with van der Waals surface area (Å²) in [6.45, 7) is 4.96. The van der Waals surface area contributed by atoms with Crippen molar-refractivity contribution in [1.82, 2.24) is 0 Å². The van der Waals surface area contributed by atoms with E-state index in [9.17, 15) is 0 Å². The first kappa shape index (κ1) is 15.4. The van der Waals surface area contributed by atoms with Crippen molar-refractivity contribution in [3.05, 3.63) is 24.3 Å². The standard InChI is InChI=1S/C16H25N3/c1-16(2,13-17)10-5-6-11-18-14-8-7-9-15(12-14)19(3)4/h7-9,12,18H,5-6,10-11H2,1-4H3. The number of nitrogens with one attached hydrogen (secondary N) is 1. The molecule has 0 fully saturated rings. The normalized spacial score (nSPS) is 10.9. The van der Waals surface area contributed by atoms with Crippen LogP contribution in [-0.2, 0) is 0 Å². The zero-order valence-corrected chi connectivity index (χ0v) is 12.5. The third kappa shape index (κ3) is 5.65. The van der Waals surface area contributed by atoms with Gasteiger partial charge in [0.15, 0.2) is 0 Å². The summed E-state index contributed by atoms with van der Waals surface area (Å²) >= 11 is 0. The van der Waals surface area contributed by atoms with E-state index < -0.39 is 0 Å². The van der Waals surface area contributed by atoms with Crippen LogP contribution in [0.3, 0.4) is 0 Å². The molecule has 104 valence electrons. The Bertz CT molecular complexity index is 430. The summed E-state index contributed by atoms with van der Waals surface area (Å²) < 4.78 is 0. The Labute approximate surface area is 117 Å². The smallest absolute Gasteiger partial charge is 0.0683 e. The minimum atomic E-state index is -0.190. The maximum atomic E-state index is 8.94. The SMILES string of the molecule is CN(C)c1cccc(NCCCCC(C)(C)C#N)c1. The number of nitriles is 1. The fraction of sp³-hybridized carbons (Fsp3) is 0.562. The summed E-state index contributed by atoms with van der Waals surface area (Å²) in [5, 5.41) is 12.4. The first-order valence-electron chi connectivity index (χ1n) is 6.87. The molecule has 0 aromatic heterocycles. The van der Waals surface area contributed by atoms with Crippen LogP contribution in [0, 0.1) is 16.7 Å². The fourth-order valence-electron chi connectivity index (χ4n) is 1.87. The summed E-state index contributed by atoms with van der Waals surface area (Å²) in [6.07, 6.45) is 3.14. The van der Waals surface area contributed by atoms with E-state index in [0.717, 1.165) is 31.5 Å². The van der Waals surface area contributed by atoms with E-state index in [1.54, 1.807) is 0 Å². The lowest BCUT2D eigenvalue weighted by Crippen LogP contribution is -2.10. The Morgan fingerprint density at radius 2 is 2.00 bits per heavy atom. The van der Waals surface area contributed by atoms with Crippen LogP contribution in [0.15, 0.2) is 24.3 Å². The third-order valence-electron chi connectivity index (χ3n) is 3.22. The van der Waals surface area contributed by atoms with Crippen LogP contribution in [0.4, 0.5) is 11.4 Å². The molecule has 3 heteroatoms. The Morgan fingerprint density at radius 1 is 1.26 bits per heavy atom. The summed E-state index contributed by atoms with van der Waals surface area (Å²) in [5.74, 6) is 0. The van der Waals surface area contributed by atoms with Crippen molar-refractivity contribution in [2.24, 2.45) is 5.41 Å². The molecule has 3 nitrogen and oxygen atoms in total. The predicted octanol–water partition coefficient (Wildman–Crippen LogP) is 3.88. The zero-order valence-electron chi connectivity index (χ0n) is 12.5. The van der Waals surface area contributed by atoms with Gasteiger partial charge in [0.25, 0.3) is 0 Å². The molecule has 0 saturated carbocycles. The van der Waals surface area contributed by atoms with Crippen molar-refractivity contribution in [3.63, 3.8) is 0 Å². The third-order valence-corrected chi connectivity index (χ3v) is 3.22. The maximum Gasteiger partial charge on any atom is 0.0683 e. The molecular formula is C16H25N3. The van der Waals surface area contributed by atoms with E-state index in [1.807, 2.05) is 27.9 Å². The molecule has 1 aromatic carbocycles. The summed E-state index contributed by atoms with van der Waals surface area (Å²) in [6, 6.07) is 10.7. The van der Waals surface area contributed by atoms with E-state index in [4.69, 9.17) is 5.26 Å². The first-order valence-corrected chi connectivity index (χ1v) is 6.87. The molecule has 0 amide bonds. The van der Waals surface area contributed by atoms with Crippen molar-refractivity contribution in [2.75, 3.05) is 30.9 Å². The van der Waals surface area contributed by atoms with Gasteiger partial charge < -0.3 is 10.2 Å². The van der Waals surface area contributed by atoms with Gasteiger partial charge in [-0.2, -0.15) is 5.26 Å². The largest absolute Gasteiger partial charge is 0.385 e. The van der Waals surface area contributed by atoms with Gasteiger partial charge in [0, 0.05) is 32.0 Å². The second-order valence-electron chi connectivity index (χ2n) is 5.82. The van der Waals surface area contributed by atoms with Crippen LogP contribution < -0.4 is 10.2 Å². The van der Waals surface area contributed by atoms with Crippen LogP contribution in [0.5, 0.6) is 0 Å². The van der Waals surface area contributed by atoms with E-state index in [0.29, 0.717) is 0 Å². The van der Waals surface area contributed by atoms with Crippen molar-refractivity contribution in [1.29, 1.82) is 5.26 Å². The Hall–Kier alpha value is -1.69. The Balaban J connectivity index is 2.30. The fourth-order valence-corrected chi connectivity index (χ4v) is 1.87. The summed E-state index contributed by atoms with van der Waals surface area (Å²) in [7, 11) is 4.09. The van der Waals surface area contributed by atoms with E-state index in [-0.39, 0.29) is 5.41 Å². The second kappa shape index (κ2) is 7.04. The van der Waals surface area contributed by atoms with Gasteiger partial charge in [-0.05, 0) is 44.9 Å². The minimum Gasteiger partial charge on any atom is -0.385 e. The summed E-state index contributed by atoms with van der Waals surface area (Å²) in [4.78, 5) is 2.10. The number of hydrogen-bond donors (Lipinski definition) is 1. The monoisotopic (exact) mass is 259 g/mol. The predicted molar refractivity (Wildman–Crippen MR) is 82.5 cm³/mol. The molecule has 0 aliphatic rings. The maximum absolute atomic E-state index is 8.94. The highest BCUT2D eigenvalue weighted by atomic mass is 15.1. The first-order chi connectivity index (χ1) is 8.94. The van der Waals surface area contributed by atoms with Crippen LogP contribution >= 0.6 is 0 Å². The van der Waals surface area contributed by atoms with Crippen LogP contribution in [0.2, 0.25) is 0 Å². The molecule has 1 aromatic rings. The van der Waals surface area contributed by atoms with Crippen molar-refractivity contribution in [3.8, 4) is 6.07 Å². The van der Waals surface area contributed by atoms with E-state index in [2.05, 4.69) is 40.6 Å². The molecule has 0 bridgehead atoms. The molecule has 0 atom stereocenters. The van der Waals surface area contributed by atoms with Crippen molar-refractivity contribution >= 4 is 11.4 Å². The molecule has 0 spiro atoms. The highest BCUT2D eigenvalue weighted by molar-refractivity contribution is 5.57. The van der Waals surface area contributed by atoms with Gasteiger partial charge in [-0.3, -0.25) is 0 Å². The molecule has 0 saturated heterocycles. The van der Waals surface area contributed by atoms with Gasteiger partial charge in [-0.15, -0.1) is 0 Å². The Morgan fingerprint density at radius 3 is 2.63 bits per heavy atom. The highest BCUT2D eigenvalue weighted by Crippen LogP contribution is 2.22. The quantitative estimate of drug-likeness (QED) is 0.755. The lowest BCUT2D eigenvalue weighted by molar-refractivity contribution is 0.430. The molecule has 0 aliphatic carbocycles. The molecule has 19 heavy (non-hydrogen) atoms. The van der Waals surface area contributed by atoms with Crippen molar-refractivity contribution < 1.29 is 0 Å². The number of anilines is 2. The lowest BCUT2D eigenvalue weighted by Gasteiger charge is -2.16. The highest BCUT2D eigenvalue weighted by Gasteiger charge is 2.15. The molecule has 1 rings (SSSR count). The average Bonchev–Trinajstić information content (AvgIpc) is 2.38. The lowest BCUT2D eigenvalue weighted by atomic mass is 9.89. The number of hydrogen-bond acceptors (Lipinski definition) is 3. The van der Waals surface area contributed by atoms with Crippen LogP contribution in [0.25, 0.3) is 0 Å². The van der Waals surface area contributed by atoms with E-state index in [1.165, 1.54) is 5.69 Å². The average molecular weight is 259 g/mol. The molecule has 0 unspecified atom stereocenters. The number of benzene rings is 1. The van der Waals surface area contributed by atoms with Crippen LogP contribution in [-0.4, -0.2) is 20.6 Å². The molecule has 0 aliphatic heterocycles. The molecular weight excluding hydrogens is 234 g/mol.